The number of hydrogen-bond acceptors (Lipinski definition) is 5. The molecular weight excluding hydrogens is 409 g/mol. The zero-order valence-electron chi connectivity index (χ0n) is 14.1. The summed E-state index contributed by atoms with van der Waals surface area (Å²) < 4.78 is 11.2. The van der Waals surface area contributed by atoms with Gasteiger partial charge in [-0.2, -0.15) is 0 Å². The maximum atomic E-state index is 12.3. The summed E-state index contributed by atoms with van der Waals surface area (Å²) in [5, 5.41) is 4.45. The van der Waals surface area contributed by atoms with Crippen molar-refractivity contribution >= 4 is 57.6 Å². The van der Waals surface area contributed by atoms with Crippen LogP contribution in [-0.2, 0) is 4.79 Å². The van der Waals surface area contributed by atoms with Crippen LogP contribution in [0.3, 0.4) is 0 Å². The number of ether oxygens (including phenoxy) is 2. The second kappa shape index (κ2) is 7.88. The number of halogens is 2. The Bertz CT molecular complexity index is 1010. The quantitative estimate of drug-likeness (QED) is 0.591. The zero-order valence-corrected chi connectivity index (χ0v) is 16.4. The van der Waals surface area contributed by atoms with Gasteiger partial charge in [0.15, 0.2) is 16.7 Å². The molecule has 2 aromatic carbocycles. The van der Waals surface area contributed by atoms with Crippen molar-refractivity contribution in [3.05, 3.63) is 40.4 Å². The fourth-order valence-electron chi connectivity index (χ4n) is 2.66. The number of imidazole rings is 1. The highest BCUT2D eigenvalue weighted by molar-refractivity contribution is 7.99. The molecule has 0 unspecified atom stereocenters. The summed E-state index contributed by atoms with van der Waals surface area (Å²) in [6.45, 7) is 1.22. The van der Waals surface area contributed by atoms with E-state index in [4.69, 9.17) is 32.7 Å². The Morgan fingerprint density at radius 2 is 2.00 bits per heavy atom. The first-order chi connectivity index (χ1) is 13.1. The average Bonchev–Trinajstić information content (AvgIpc) is 2.90. The molecule has 0 aliphatic carbocycles. The molecule has 1 aliphatic rings. The lowest BCUT2D eigenvalue weighted by Crippen LogP contribution is -2.14. The highest BCUT2D eigenvalue weighted by Gasteiger charge is 2.13. The second-order valence-electron chi connectivity index (χ2n) is 5.87. The van der Waals surface area contributed by atoms with Crippen LogP contribution in [0.5, 0.6) is 11.5 Å². The number of carbonyl (C=O) groups excluding carboxylic acids is 1. The Hall–Kier alpha value is -2.09. The van der Waals surface area contributed by atoms with E-state index < -0.39 is 0 Å². The first-order valence-corrected chi connectivity index (χ1v) is 10.00. The van der Waals surface area contributed by atoms with E-state index in [0.29, 0.717) is 51.1 Å². The van der Waals surface area contributed by atoms with Gasteiger partial charge in [-0.25, -0.2) is 4.98 Å². The molecule has 0 saturated carbocycles. The first-order valence-electron chi connectivity index (χ1n) is 8.25. The first kappa shape index (κ1) is 18.3. The van der Waals surface area contributed by atoms with Crippen LogP contribution in [0.2, 0.25) is 10.0 Å². The summed E-state index contributed by atoms with van der Waals surface area (Å²) in [6, 6.07) is 8.74. The van der Waals surface area contributed by atoms with Crippen LogP contribution in [-0.4, -0.2) is 34.8 Å². The van der Waals surface area contributed by atoms with Gasteiger partial charge in [0, 0.05) is 23.2 Å². The van der Waals surface area contributed by atoms with Gasteiger partial charge in [0.2, 0.25) is 5.91 Å². The fourth-order valence-corrected chi connectivity index (χ4v) is 3.87. The van der Waals surface area contributed by atoms with E-state index in [-0.39, 0.29) is 11.7 Å². The predicted octanol–water partition coefficient (Wildman–Crippen LogP) is 4.76. The van der Waals surface area contributed by atoms with E-state index in [1.807, 2.05) is 0 Å². The van der Waals surface area contributed by atoms with Crippen LogP contribution in [0.1, 0.15) is 6.42 Å². The van der Waals surface area contributed by atoms with Gasteiger partial charge in [0.05, 0.1) is 29.5 Å². The fraction of sp³-hybridized carbons (Fsp3) is 0.222. The lowest BCUT2D eigenvalue weighted by atomic mass is 10.2. The SMILES string of the molecule is O=C(CSc1nc2c(Cl)cc(Cl)cc2[nH]1)Nc1ccc2c(c1)OCCCO2. The Kier molecular flexibility index (Phi) is 5.33. The number of aromatic nitrogens is 2. The van der Waals surface area contributed by atoms with E-state index in [1.54, 1.807) is 30.3 Å². The molecule has 0 spiro atoms. The van der Waals surface area contributed by atoms with Crippen molar-refractivity contribution in [2.45, 2.75) is 11.6 Å². The maximum absolute atomic E-state index is 12.3. The van der Waals surface area contributed by atoms with Crippen LogP contribution in [0.15, 0.2) is 35.5 Å². The van der Waals surface area contributed by atoms with Gasteiger partial charge >= 0.3 is 0 Å². The molecule has 2 N–H and O–H groups in total. The molecule has 0 saturated heterocycles. The molecule has 9 heteroatoms. The molecule has 4 rings (SSSR count). The van der Waals surface area contributed by atoms with Crippen LogP contribution in [0, 0.1) is 0 Å². The second-order valence-corrected chi connectivity index (χ2v) is 7.68. The van der Waals surface area contributed by atoms with Crippen LogP contribution in [0.4, 0.5) is 5.69 Å². The van der Waals surface area contributed by atoms with Crippen LogP contribution in [0.25, 0.3) is 11.0 Å². The summed E-state index contributed by atoms with van der Waals surface area (Å²) in [5.41, 5.74) is 2.02. The van der Waals surface area contributed by atoms with Crippen molar-refractivity contribution in [2.75, 3.05) is 24.3 Å². The highest BCUT2D eigenvalue weighted by Crippen LogP contribution is 2.32. The number of aromatic amines is 1. The van der Waals surface area contributed by atoms with E-state index in [1.165, 1.54) is 11.8 Å². The molecule has 1 amide bonds. The molecule has 27 heavy (non-hydrogen) atoms. The van der Waals surface area contributed by atoms with Crippen molar-refractivity contribution in [1.82, 2.24) is 9.97 Å². The number of anilines is 1. The van der Waals surface area contributed by atoms with E-state index >= 15 is 0 Å². The number of nitrogens with zero attached hydrogens (tertiary/aromatic N) is 1. The van der Waals surface area contributed by atoms with Gasteiger partial charge in [-0.15, -0.1) is 0 Å². The third kappa shape index (κ3) is 4.26. The third-order valence-electron chi connectivity index (χ3n) is 3.85. The molecule has 140 valence electrons. The Balaban J connectivity index is 1.40. The van der Waals surface area contributed by atoms with Gasteiger partial charge < -0.3 is 19.8 Å². The number of amides is 1. The van der Waals surface area contributed by atoms with E-state index in [0.717, 1.165) is 11.9 Å². The van der Waals surface area contributed by atoms with E-state index in [2.05, 4.69) is 15.3 Å². The lowest BCUT2D eigenvalue weighted by molar-refractivity contribution is -0.113. The number of rotatable bonds is 4. The average molecular weight is 424 g/mol. The minimum absolute atomic E-state index is 0.154. The van der Waals surface area contributed by atoms with Gasteiger partial charge in [0.1, 0.15) is 5.52 Å². The predicted molar refractivity (Wildman–Crippen MR) is 108 cm³/mol. The Morgan fingerprint density at radius 1 is 1.19 bits per heavy atom. The molecule has 0 radical (unpaired) electrons. The van der Waals surface area contributed by atoms with Gasteiger partial charge in [-0.05, 0) is 24.3 Å². The zero-order chi connectivity index (χ0) is 18.8. The molecule has 0 atom stereocenters. The summed E-state index contributed by atoms with van der Waals surface area (Å²) >= 11 is 13.4. The minimum Gasteiger partial charge on any atom is -0.490 e. The van der Waals surface area contributed by atoms with Crippen molar-refractivity contribution in [3.8, 4) is 11.5 Å². The molecule has 6 nitrogen and oxygen atoms in total. The van der Waals surface area contributed by atoms with Crippen molar-refractivity contribution in [1.29, 1.82) is 0 Å². The number of thioether (sulfide) groups is 1. The lowest BCUT2D eigenvalue weighted by Gasteiger charge is -2.10. The molecule has 2 heterocycles. The summed E-state index contributed by atoms with van der Waals surface area (Å²) in [7, 11) is 0. The van der Waals surface area contributed by atoms with Gasteiger partial charge in [-0.1, -0.05) is 35.0 Å². The van der Waals surface area contributed by atoms with Gasteiger partial charge in [0.25, 0.3) is 0 Å². The largest absolute Gasteiger partial charge is 0.490 e. The third-order valence-corrected chi connectivity index (χ3v) is 5.23. The van der Waals surface area contributed by atoms with Crippen molar-refractivity contribution in [2.24, 2.45) is 0 Å². The van der Waals surface area contributed by atoms with Crippen LogP contribution >= 0.6 is 35.0 Å². The summed E-state index contributed by atoms with van der Waals surface area (Å²) in [5.74, 6) is 1.37. The normalized spacial score (nSPS) is 13.4. The minimum atomic E-state index is -0.154. The molecule has 0 bridgehead atoms. The maximum Gasteiger partial charge on any atom is 0.234 e. The smallest absolute Gasteiger partial charge is 0.234 e. The molecular formula is C18H15Cl2N3O3S. The standard InChI is InChI=1S/C18H15Cl2N3O3S/c19-10-6-12(20)17-13(7-10)22-18(23-17)27-9-16(24)21-11-2-3-14-15(8-11)26-5-1-4-25-14/h2-3,6-8H,1,4-5,9H2,(H,21,24)(H,22,23). The van der Waals surface area contributed by atoms with Crippen LogP contribution < -0.4 is 14.8 Å². The van der Waals surface area contributed by atoms with Gasteiger partial charge in [-0.3, -0.25) is 4.79 Å². The van der Waals surface area contributed by atoms with Crippen molar-refractivity contribution in [3.63, 3.8) is 0 Å². The van der Waals surface area contributed by atoms with Crippen molar-refractivity contribution < 1.29 is 14.3 Å². The number of H-pyrrole nitrogens is 1. The Labute approximate surface area is 169 Å². The topological polar surface area (TPSA) is 76.2 Å². The Morgan fingerprint density at radius 3 is 2.85 bits per heavy atom. The summed E-state index contributed by atoms with van der Waals surface area (Å²) in [4.78, 5) is 19.8. The number of carbonyl (C=O) groups is 1. The monoisotopic (exact) mass is 423 g/mol. The summed E-state index contributed by atoms with van der Waals surface area (Å²) in [6.07, 6.45) is 0.833. The molecule has 1 aliphatic heterocycles. The molecule has 1 aromatic heterocycles. The molecule has 3 aromatic rings. The number of hydrogen-bond donors (Lipinski definition) is 2. The highest BCUT2D eigenvalue weighted by atomic mass is 35.5. The number of nitrogens with one attached hydrogen (secondary N) is 2. The van der Waals surface area contributed by atoms with E-state index in [9.17, 15) is 4.79 Å². The number of fused-ring (bicyclic) bond motifs is 2. The number of benzene rings is 2. The molecule has 0 fully saturated rings.